The molecule has 34 heavy (non-hydrogen) atoms. The molecule has 2 aromatic heterocycles. The summed E-state index contributed by atoms with van der Waals surface area (Å²) in [6.45, 7) is 1.97. The molecule has 6 nitrogen and oxygen atoms in total. The molecule has 0 aliphatic carbocycles. The van der Waals surface area contributed by atoms with Crippen molar-refractivity contribution in [2.75, 3.05) is 0 Å². The minimum Gasteiger partial charge on any atom is -0.478 e. The molecular weight excluding hydrogens is 428 g/mol. The lowest BCUT2D eigenvalue weighted by atomic mass is 9.95. The predicted molar refractivity (Wildman–Crippen MR) is 131 cm³/mol. The molecule has 0 radical (unpaired) electrons. The molecule has 0 amide bonds. The number of nitrogens with one attached hydrogen (secondary N) is 1. The summed E-state index contributed by atoms with van der Waals surface area (Å²) < 4.78 is 5.82. The van der Waals surface area contributed by atoms with Gasteiger partial charge >= 0.3 is 5.97 Å². The Bertz CT molecular complexity index is 1540. The van der Waals surface area contributed by atoms with Crippen LogP contribution in [-0.4, -0.2) is 26.8 Å². The first-order valence-electron chi connectivity index (χ1n) is 11.0. The number of hydrogen-bond acceptors (Lipinski definition) is 4. The van der Waals surface area contributed by atoms with Crippen LogP contribution >= 0.6 is 0 Å². The summed E-state index contributed by atoms with van der Waals surface area (Å²) in [6, 6.07) is 18.6. The Hall–Kier alpha value is -4.45. The van der Waals surface area contributed by atoms with Gasteiger partial charge in [0.1, 0.15) is 11.5 Å². The maximum atomic E-state index is 13.1. The minimum atomic E-state index is -0.987. The zero-order valence-electron chi connectivity index (χ0n) is 18.5. The number of rotatable bonds is 7. The van der Waals surface area contributed by atoms with Gasteiger partial charge in [-0.3, -0.25) is 9.78 Å². The maximum Gasteiger partial charge on any atom is 0.335 e. The highest BCUT2D eigenvalue weighted by atomic mass is 16.5. The highest BCUT2D eigenvalue weighted by Gasteiger charge is 2.16. The number of carbonyl (C=O) groups excluding carboxylic acids is 1. The molecule has 0 bridgehead atoms. The van der Waals surface area contributed by atoms with Crippen LogP contribution in [0.2, 0.25) is 0 Å². The van der Waals surface area contributed by atoms with Gasteiger partial charge in [0, 0.05) is 41.3 Å². The number of carbonyl (C=O) groups is 2. The summed E-state index contributed by atoms with van der Waals surface area (Å²) in [7, 11) is 0. The Morgan fingerprint density at radius 3 is 2.65 bits per heavy atom. The molecule has 3 aromatic carbocycles. The van der Waals surface area contributed by atoms with Crippen LogP contribution in [0.1, 0.15) is 38.3 Å². The fourth-order valence-electron chi connectivity index (χ4n) is 4.20. The van der Waals surface area contributed by atoms with Crippen LogP contribution in [0.5, 0.6) is 11.5 Å². The summed E-state index contributed by atoms with van der Waals surface area (Å²) in [5.74, 6) is 0.231. The first kappa shape index (κ1) is 21.4. The maximum absolute atomic E-state index is 13.1. The van der Waals surface area contributed by atoms with Gasteiger partial charge in [-0.2, -0.15) is 0 Å². The molecule has 0 saturated carbocycles. The monoisotopic (exact) mass is 450 g/mol. The number of Topliss-reactive ketones (excluding diaryl/α,β-unsaturated/α-hetero) is 1. The van der Waals surface area contributed by atoms with Crippen molar-refractivity contribution in [2.24, 2.45) is 0 Å². The average Bonchev–Trinajstić information content (AvgIpc) is 3.26. The van der Waals surface area contributed by atoms with Crippen molar-refractivity contribution in [1.29, 1.82) is 0 Å². The normalized spacial score (nSPS) is 11.1. The molecule has 0 spiro atoms. The predicted octanol–water partition coefficient (Wildman–Crippen LogP) is 6.33. The standard InChI is InChI=1S/C28H22N2O4/c1-17-4-5-18-12-19(24(28(32)33)13-20(18)11-17)6-9-27(31)25-16-30-26-14-21(7-8-23(25)26)34-22-3-2-10-29-15-22/h2-5,7-8,10-16,30H,6,9H2,1H3,(H,32,33). The second kappa shape index (κ2) is 8.83. The summed E-state index contributed by atoms with van der Waals surface area (Å²) in [4.78, 5) is 32.1. The van der Waals surface area contributed by atoms with Crippen molar-refractivity contribution >= 4 is 33.4 Å². The van der Waals surface area contributed by atoms with E-state index < -0.39 is 5.97 Å². The van der Waals surface area contributed by atoms with Gasteiger partial charge in [-0.25, -0.2) is 4.79 Å². The smallest absolute Gasteiger partial charge is 0.335 e. The number of ether oxygens (including phenoxy) is 1. The highest BCUT2D eigenvalue weighted by molar-refractivity contribution is 6.08. The first-order valence-corrected chi connectivity index (χ1v) is 11.0. The molecule has 0 atom stereocenters. The third kappa shape index (κ3) is 4.26. The van der Waals surface area contributed by atoms with E-state index in [0.29, 0.717) is 29.0 Å². The topological polar surface area (TPSA) is 92.3 Å². The Morgan fingerprint density at radius 2 is 1.85 bits per heavy atom. The van der Waals surface area contributed by atoms with Crippen LogP contribution in [0, 0.1) is 6.92 Å². The number of H-pyrrole nitrogens is 1. The van der Waals surface area contributed by atoms with Crippen LogP contribution in [0.15, 0.2) is 79.3 Å². The molecule has 168 valence electrons. The lowest BCUT2D eigenvalue weighted by Crippen LogP contribution is -2.06. The summed E-state index contributed by atoms with van der Waals surface area (Å²) in [6.07, 6.45) is 5.56. The molecule has 0 aliphatic rings. The number of aryl methyl sites for hydroxylation is 2. The van der Waals surface area contributed by atoms with Crippen LogP contribution in [0.3, 0.4) is 0 Å². The van der Waals surface area contributed by atoms with Crippen molar-refractivity contribution in [1.82, 2.24) is 9.97 Å². The summed E-state index contributed by atoms with van der Waals surface area (Å²) in [5.41, 5.74) is 3.33. The van der Waals surface area contributed by atoms with E-state index in [-0.39, 0.29) is 17.8 Å². The van der Waals surface area contributed by atoms with Gasteiger partial charge in [-0.1, -0.05) is 29.8 Å². The van der Waals surface area contributed by atoms with Crippen molar-refractivity contribution in [2.45, 2.75) is 19.8 Å². The van der Waals surface area contributed by atoms with E-state index in [1.165, 1.54) is 0 Å². The van der Waals surface area contributed by atoms with E-state index in [0.717, 1.165) is 27.2 Å². The van der Waals surface area contributed by atoms with Gasteiger partial charge < -0.3 is 14.8 Å². The Kier molecular flexibility index (Phi) is 5.55. The van der Waals surface area contributed by atoms with Crippen molar-refractivity contribution in [3.8, 4) is 11.5 Å². The lowest BCUT2D eigenvalue weighted by Gasteiger charge is -2.09. The van der Waals surface area contributed by atoms with E-state index >= 15 is 0 Å². The molecule has 5 aromatic rings. The number of fused-ring (bicyclic) bond motifs is 2. The van der Waals surface area contributed by atoms with Crippen LogP contribution in [0.25, 0.3) is 21.7 Å². The van der Waals surface area contributed by atoms with Crippen LogP contribution < -0.4 is 4.74 Å². The minimum absolute atomic E-state index is 0.0486. The lowest BCUT2D eigenvalue weighted by molar-refractivity contribution is 0.0695. The third-order valence-electron chi connectivity index (χ3n) is 5.89. The van der Waals surface area contributed by atoms with E-state index in [9.17, 15) is 14.7 Å². The molecule has 2 N–H and O–H groups in total. The van der Waals surface area contributed by atoms with Crippen molar-refractivity contribution < 1.29 is 19.4 Å². The molecule has 0 aliphatic heterocycles. The van der Waals surface area contributed by atoms with E-state index in [1.54, 1.807) is 30.7 Å². The van der Waals surface area contributed by atoms with E-state index in [1.807, 2.05) is 55.5 Å². The summed E-state index contributed by atoms with van der Waals surface area (Å²) in [5, 5.41) is 12.4. The largest absolute Gasteiger partial charge is 0.478 e. The Labute approximate surface area is 195 Å². The number of aromatic amines is 1. The number of aromatic carboxylic acids is 1. The number of nitrogens with zero attached hydrogens (tertiary/aromatic N) is 1. The van der Waals surface area contributed by atoms with E-state index in [2.05, 4.69) is 9.97 Å². The quantitative estimate of drug-likeness (QED) is 0.283. The fourth-order valence-corrected chi connectivity index (χ4v) is 4.20. The number of aromatic nitrogens is 2. The SMILES string of the molecule is Cc1ccc2cc(CCC(=O)c3c[nH]c4cc(Oc5cccnc5)ccc34)c(C(=O)O)cc2c1. The molecular formula is C28H22N2O4. The second-order valence-corrected chi connectivity index (χ2v) is 8.29. The Balaban J connectivity index is 1.37. The van der Waals surface area contributed by atoms with Crippen LogP contribution in [0.4, 0.5) is 0 Å². The number of carboxylic acids is 1. The highest BCUT2D eigenvalue weighted by Crippen LogP contribution is 2.28. The van der Waals surface area contributed by atoms with Gasteiger partial charge in [0.25, 0.3) is 0 Å². The second-order valence-electron chi connectivity index (χ2n) is 8.29. The van der Waals surface area contributed by atoms with Crippen molar-refractivity contribution in [3.63, 3.8) is 0 Å². The number of benzene rings is 3. The molecule has 5 rings (SSSR count). The molecule has 2 heterocycles. The summed E-state index contributed by atoms with van der Waals surface area (Å²) >= 11 is 0. The number of ketones is 1. The number of carboxylic acid groups (broad SMARTS) is 1. The molecule has 0 saturated heterocycles. The van der Waals surface area contributed by atoms with Crippen molar-refractivity contribution in [3.05, 3.63) is 102 Å². The van der Waals surface area contributed by atoms with Gasteiger partial charge in [0.2, 0.25) is 0 Å². The average molecular weight is 450 g/mol. The molecule has 6 heteroatoms. The zero-order chi connectivity index (χ0) is 23.7. The molecule has 0 unspecified atom stereocenters. The zero-order valence-corrected chi connectivity index (χ0v) is 18.5. The number of hydrogen-bond donors (Lipinski definition) is 2. The fraction of sp³-hybridized carbons (Fsp3) is 0.107. The van der Waals surface area contributed by atoms with Gasteiger partial charge in [-0.15, -0.1) is 0 Å². The Morgan fingerprint density at radius 1 is 0.971 bits per heavy atom. The van der Waals surface area contributed by atoms with Gasteiger partial charge in [-0.05, 0) is 60.0 Å². The number of pyridine rings is 1. The molecule has 0 fully saturated rings. The first-order chi connectivity index (χ1) is 16.5. The van der Waals surface area contributed by atoms with Gasteiger partial charge in [0.05, 0.1) is 11.8 Å². The third-order valence-corrected chi connectivity index (χ3v) is 5.89. The van der Waals surface area contributed by atoms with E-state index in [4.69, 9.17) is 4.74 Å². The van der Waals surface area contributed by atoms with Crippen LogP contribution in [-0.2, 0) is 6.42 Å². The van der Waals surface area contributed by atoms with Gasteiger partial charge in [0.15, 0.2) is 5.78 Å².